The molecule has 3 atom stereocenters. The first-order valence-electron chi connectivity index (χ1n) is 10.2. The molecule has 2 aliphatic rings. The number of benzene rings is 2. The Morgan fingerprint density at radius 3 is 2.44 bits per heavy atom. The van der Waals surface area contributed by atoms with Crippen LogP contribution in [0.25, 0.3) is 0 Å². The second-order valence-corrected chi connectivity index (χ2v) is 8.76. The van der Waals surface area contributed by atoms with Gasteiger partial charge >= 0.3 is 0 Å². The van der Waals surface area contributed by atoms with Crippen LogP contribution in [0.2, 0.25) is 10.0 Å². The molecule has 0 radical (unpaired) electrons. The number of nitrogens with zero attached hydrogens (tertiary/aromatic N) is 2. The normalized spacial score (nSPS) is 22.1. The van der Waals surface area contributed by atoms with Crippen molar-refractivity contribution >= 4 is 46.7 Å². The zero-order valence-electron chi connectivity index (χ0n) is 17.2. The van der Waals surface area contributed by atoms with Crippen molar-refractivity contribution < 1.29 is 19.2 Å². The van der Waals surface area contributed by atoms with Crippen LogP contribution in [-0.4, -0.2) is 40.1 Å². The first kappa shape index (κ1) is 22.2. The van der Waals surface area contributed by atoms with Crippen molar-refractivity contribution in [3.05, 3.63) is 81.9 Å². The molecule has 2 aromatic rings. The van der Waals surface area contributed by atoms with E-state index in [-0.39, 0.29) is 16.5 Å². The van der Waals surface area contributed by atoms with Gasteiger partial charge in [-0.05, 0) is 30.5 Å². The number of Topliss-reactive ketones (excluding diaryl/α,β-unsaturated/α-hetero) is 1. The van der Waals surface area contributed by atoms with Crippen LogP contribution in [0.15, 0.2) is 60.7 Å². The van der Waals surface area contributed by atoms with Crippen LogP contribution in [0.4, 0.5) is 0 Å². The van der Waals surface area contributed by atoms with E-state index in [2.05, 4.69) is 0 Å². The first-order chi connectivity index (χ1) is 15.3. The van der Waals surface area contributed by atoms with E-state index in [0.29, 0.717) is 17.0 Å². The fourth-order valence-electron chi connectivity index (χ4n) is 4.26. The van der Waals surface area contributed by atoms with Crippen LogP contribution in [-0.2, 0) is 9.59 Å². The molecule has 164 valence electrons. The van der Waals surface area contributed by atoms with Crippen molar-refractivity contribution in [2.45, 2.75) is 13.3 Å². The highest BCUT2D eigenvalue weighted by molar-refractivity contribution is 6.36. The maximum atomic E-state index is 13.5. The highest BCUT2D eigenvalue weighted by Crippen LogP contribution is 2.39. The van der Waals surface area contributed by atoms with Crippen LogP contribution >= 0.6 is 23.2 Å². The topological polar surface area (TPSA) is 74.8 Å². The Balaban J connectivity index is 1.73. The van der Waals surface area contributed by atoms with Gasteiger partial charge in [0.15, 0.2) is 5.78 Å². The third-order valence-electron chi connectivity index (χ3n) is 5.88. The Morgan fingerprint density at radius 1 is 1.06 bits per heavy atom. The number of rotatable bonds is 5. The lowest BCUT2D eigenvalue weighted by Gasteiger charge is -2.30. The maximum Gasteiger partial charge on any atom is 0.274 e. The quantitative estimate of drug-likeness (QED) is 0.368. The standard InChI is InChI=1S/C24H20Cl2N2O4/c1-14-6-5-9-18-21(14)24(32)28(23(18)31)27(13-20(29)15-7-3-2-4-8-15)22(30)17-11-10-16(25)12-19(17)26/h2-8,10-12,14,18,21H,9,13H2,1H3/t14-,18-,21-/m1/s1. The van der Waals surface area contributed by atoms with E-state index in [0.717, 1.165) is 10.0 Å². The largest absolute Gasteiger partial charge is 0.292 e. The van der Waals surface area contributed by atoms with Crippen molar-refractivity contribution in [1.82, 2.24) is 10.0 Å². The van der Waals surface area contributed by atoms with E-state index in [1.807, 2.05) is 19.1 Å². The molecule has 8 heteroatoms. The Morgan fingerprint density at radius 2 is 1.78 bits per heavy atom. The van der Waals surface area contributed by atoms with Gasteiger partial charge < -0.3 is 0 Å². The molecule has 1 saturated heterocycles. The number of carbonyl (C=O) groups excluding carboxylic acids is 4. The number of halogens is 2. The third-order valence-corrected chi connectivity index (χ3v) is 6.42. The van der Waals surface area contributed by atoms with Crippen LogP contribution in [0, 0.1) is 17.8 Å². The highest BCUT2D eigenvalue weighted by Gasteiger charge is 2.53. The molecule has 0 spiro atoms. The molecule has 1 aliphatic carbocycles. The van der Waals surface area contributed by atoms with Gasteiger partial charge in [-0.3, -0.25) is 19.2 Å². The van der Waals surface area contributed by atoms with Gasteiger partial charge in [-0.2, -0.15) is 5.01 Å². The lowest BCUT2D eigenvalue weighted by Crippen LogP contribution is -2.52. The fraction of sp³-hybridized carbons (Fsp3) is 0.250. The molecule has 0 bridgehead atoms. The summed E-state index contributed by atoms with van der Waals surface area (Å²) in [6, 6.07) is 12.7. The van der Waals surface area contributed by atoms with Crippen molar-refractivity contribution in [3.8, 4) is 0 Å². The van der Waals surface area contributed by atoms with E-state index in [4.69, 9.17) is 23.2 Å². The molecule has 4 rings (SSSR count). The predicted molar refractivity (Wildman–Crippen MR) is 120 cm³/mol. The second-order valence-electron chi connectivity index (χ2n) is 7.92. The number of amides is 3. The number of ketones is 1. The van der Waals surface area contributed by atoms with Gasteiger partial charge in [-0.15, -0.1) is 0 Å². The smallest absolute Gasteiger partial charge is 0.274 e. The Hall–Kier alpha value is -2.96. The summed E-state index contributed by atoms with van der Waals surface area (Å²) < 4.78 is 0. The summed E-state index contributed by atoms with van der Waals surface area (Å²) >= 11 is 12.2. The van der Waals surface area contributed by atoms with E-state index in [1.165, 1.54) is 18.2 Å². The minimum absolute atomic E-state index is 0.0403. The van der Waals surface area contributed by atoms with Crippen molar-refractivity contribution in [2.24, 2.45) is 17.8 Å². The molecule has 1 aliphatic heterocycles. The first-order valence-corrected chi connectivity index (χ1v) is 10.9. The molecule has 2 aromatic carbocycles. The van der Waals surface area contributed by atoms with Crippen LogP contribution in [0.1, 0.15) is 34.1 Å². The molecular formula is C24H20Cl2N2O4. The third kappa shape index (κ3) is 3.96. The van der Waals surface area contributed by atoms with Gasteiger partial charge in [0.2, 0.25) is 0 Å². The lowest BCUT2D eigenvalue weighted by molar-refractivity contribution is -0.154. The fourth-order valence-corrected chi connectivity index (χ4v) is 4.74. The minimum Gasteiger partial charge on any atom is -0.292 e. The Kier molecular flexibility index (Phi) is 6.17. The summed E-state index contributed by atoms with van der Waals surface area (Å²) in [6.45, 7) is 1.37. The monoisotopic (exact) mass is 470 g/mol. The number of hydrogen-bond acceptors (Lipinski definition) is 4. The Bertz CT molecular complexity index is 1130. The van der Waals surface area contributed by atoms with E-state index in [1.54, 1.807) is 30.3 Å². The number of carbonyl (C=O) groups is 4. The van der Waals surface area contributed by atoms with Crippen molar-refractivity contribution in [2.75, 3.05) is 6.54 Å². The summed E-state index contributed by atoms with van der Waals surface area (Å²) in [6.07, 6.45) is 4.18. The molecule has 3 amide bonds. The summed E-state index contributed by atoms with van der Waals surface area (Å²) in [5, 5.41) is 2.15. The average molecular weight is 471 g/mol. The average Bonchev–Trinajstić information content (AvgIpc) is 3.03. The number of hydrazine groups is 1. The molecule has 32 heavy (non-hydrogen) atoms. The maximum absolute atomic E-state index is 13.5. The molecular weight excluding hydrogens is 451 g/mol. The summed E-state index contributed by atoms with van der Waals surface area (Å²) in [4.78, 5) is 53.0. The van der Waals surface area contributed by atoms with Crippen LogP contribution in [0.3, 0.4) is 0 Å². The number of allylic oxidation sites excluding steroid dienone is 2. The van der Waals surface area contributed by atoms with E-state index < -0.39 is 41.9 Å². The summed E-state index contributed by atoms with van der Waals surface area (Å²) in [5.41, 5.74) is 0.401. The van der Waals surface area contributed by atoms with Gasteiger partial charge in [0, 0.05) is 10.6 Å². The predicted octanol–water partition coefficient (Wildman–Crippen LogP) is 4.43. The molecule has 1 fully saturated rings. The molecule has 0 aromatic heterocycles. The van der Waals surface area contributed by atoms with Gasteiger partial charge in [0.05, 0.1) is 22.4 Å². The molecule has 0 saturated carbocycles. The summed E-state index contributed by atoms with van der Waals surface area (Å²) in [5.74, 6) is -3.41. The molecule has 0 N–H and O–H groups in total. The number of imide groups is 1. The van der Waals surface area contributed by atoms with Crippen LogP contribution < -0.4 is 0 Å². The molecule has 0 unspecified atom stereocenters. The van der Waals surface area contributed by atoms with Gasteiger partial charge in [0.25, 0.3) is 17.7 Å². The van der Waals surface area contributed by atoms with Crippen molar-refractivity contribution in [1.29, 1.82) is 0 Å². The zero-order valence-corrected chi connectivity index (χ0v) is 18.7. The van der Waals surface area contributed by atoms with Gasteiger partial charge in [0.1, 0.15) is 6.54 Å². The van der Waals surface area contributed by atoms with Crippen LogP contribution in [0.5, 0.6) is 0 Å². The van der Waals surface area contributed by atoms with E-state index in [9.17, 15) is 19.2 Å². The second kappa shape index (κ2) is 8.88. The number of fused-ring (bicyclic) bond motifs is 1. The lowest BCUT2D eigenvalue weighted by atomic mass is 9.78. The summed E-state index contributed by atoms with van der Waals surface area (Å²) in [7, 11) is 0. The minimum atomic E-state index is -0.725. The Labute approximate surface area is 195 Å². The highest BCUT2D eigenvalue weighted by atomic mass is 35.5. The van der Waals surface area contributed by atoms with Gasteiger partial charge in [-0.25, -0.2) is 5.01 Å². The van der Waals surface area contributed by atoms with Gasteiger partial charge in [-0.1, -0.05) is 72.6 Å². The van der Waals surface area contributed by atoms with E-state index >= 15 is 0 Å². The SMILES string of the molecule is C[C@@H]1C=CC[C@H]2C(=O)N(N(CC(=O)c3ccccc3)C(=O)c3ccc(Cl)cc3Cl)C(=O)[C@H]12. The number of hydrogen-bond donors (Lipinski definition) is 0. The van der Waals surface area contributed by atoms with Crippen molar-refractivity contribution in [3.63, 3.8) is 0 Å². The molecule has 6 nitrogen and oxygen atoms in total. The molecule has 1 heterocycles. The zero-order chi connectivity index (χ0) is 23.0.